The summed E-state index contributed by atoms with van der Waals surface area (Å²) in [4.78, 5) is 49.7. The molecule has 0 heterocycles. The molecular formula is C28H39N5O6. The number of carboxylic acid groups (broad SMARTS) is 1. The lowest BCUT2D eigenvalue weighted by molar-refractivity contribution is -0.141. The number of nitrogens with zero attached hydrogens (tertiary/aromatic N) is 1. The molecule has 0 aliphatic rings. The number of methoxy groups -OCH3 is 1. The molecule has 0 aliphatic heterocycles. The fraction of sp³-hybridized carbons (Fsp3) is 0.429. The largest absolute Gasteiger partial charge is 0.495 e. The molecular weight excluding hydrogens is 502 g/mol. The quantitative estimate of drug-likeness (QED) is 0.277. The Morgan fingerprint density at radius 1 is 1.00 bits per heavy atom. The zero-order valence-electron chi connectivity index (χ0n) is 23.4. The van der Waals surface area contributed by atoms with Crippen LogP contribution in [0.4, 0.5) is 21.0 Å². The van der Waals surface area contributed by atoms with Crippen LogP contribution in [-0.4, -0.2) is 67.7 Å². The third kappa shape index (κ3) is 10.2. The lowest BCUT2D eigenvalue weighted by Gasteiger charge is -2.27. The van der Waals surface area contributed by atoms with Crippen molar-refractivity contribution in [2.75, 3.05) is 44.4 Å². The van der Waals surface area contributed by atoms with Gasteiger partial charge in [-0.1, -0.05) is 45.0 Å². The van der Waals surface area contributed by atoms with Gasteiger partial charge in [-0.2, -0.15) is 0 Å². The smallest absolute Gasteiger partial charge is 0.323 e. The zero-order valence-corrected chi connectivity index (χ0v) is 23.4. The molecule has 0 radical (unpaired) electrons. The van der Waals surface area contributed by atoms with Gasteiger partial charge in [-0.25, -0.2) is 9.59 Å². The van der Waals surface area contributed by atoms with Crippen molar-refractivity contribution < 1.29 is 29.0 Å². The number of carboxylic acids is 1. The van der Waals surface area contributed by atoms with Gasteiger partial charge in [0.15, 0.2) is 0 Å². The number of carbonyl (C=O) groups is 4. The van der Waals surface area contributed by atoms with Crippen LogP contribution in [0.15, 0.2) is 42.5 Å². The maximum absolute atomic E-state index is 12.6. The lowest BCUT2D eigenvalue weighted by Crippen LogP contribution is -2.46. The predicted octanol–water partition coefficient (Wildman–Crippen LogP) is 3.69. The van der Waals surface area contributed by atoms with Crippen LogP contribution in [0.2, 0.25) is 0 Å². The summed E-state index contributed by atoms with van der Waals surface area (Å²) in [7, 11) is 3.02. The van der Waals surface area contributed by atoms with E-state index >= 15 is 0 Å². The fourth-order valence-electron chi connectivity index (χ4n) is 3.61. The Balaban J connectivity index is 1.86. The molecule has 2 rings (SSSR count). The van der Waals surface area contributed by atoms with Crippen LogP contribution < -0.4 is 26.0 Å². The van der Waals surface area contributed by atoms with Gasteiger partial charge in [0.05, 0.1) is 25.1 Å². The average molecular weight is 542 g/mol. The number of aryl methyl sites for hydroxylation is 1. The Labute approximate surface area is 229 Å². The highest BCUT2D eigenvalue weighted by atomic mass is 16.5. The first-order valence-electron chi connectivity index (χ1n) is 12.6. The molecule has 0 saturated heterocycles. The molecule has 5 N–H and O–H groups in total. The molecule has 0 spiro atoms. The molecule has 0 bridgehead atoms. The van der Waals surface area contributed by atoms with Gasteiger partial charge in [0.25, 0.3) is 0 Å². The Morgan fingerprint density at radius 3 is 2.28 bits per heavy atom. The number of hydrogen-bond acceptors (Lipinski definition) is 5. The molecule has 0 aromatic heterocycles. The van der Waals surface area contributed by atoms with Crippen molar-refractivity contribution in [2.45, 2.75) is 34.1 Å². The van der Waals surface area contributed by atoms with E-state index in [9.17, 15) is 19.2 Å². The first-order valence-corrected chi connectivity index (χ1v) is 12.6. The molecule has 212 valence electrons. The number of hydrogen-bond donors (Lipinski definition) is 5. The third-order valence-electron chi connectivity index (χ3n) is 6.07. The van der Waals surface area contributed by atoms with E-state index in [1.807, 2.05) is 45.0 Å². The predicted molar refractivity (Wildman–Crippen MR) is 150 cm³/mol. The van der Waals surface area contributed by atoms with Crippen LogP contribution in [0.5, 0.6) is 5.75 Å². The highest BCUT2D eigenvalue weighted by Crippen LogP contribution is 2.26. The van der Waals surface area contributed by atoms with Gasteiger partial charge < -0.3 is 36.0 Å². The Kier molecular flexibility index (Phi) is 11.1. The molecule has 1 unspecified atom stereocenters. The maximum atomic E-state index is 12.6. The van der Waals surface area contributed by atoms with Crippen molar-refractivity contribution in [3.05, 3.63) is 53.6 Å². The Morgan fingerprint density at radius 2 is 1.64 bits per heavy atom. The van der Waals surface area contributed by atoms with Crippen molar-refractivity contribution in [1.82, 2.24) is 15.5 Å². The number of benzene rings is 2. The van der Waals surface area contributed by atoms with E-state index in [0.29, 0.717) is 29.2 Å². The fourth-order valence-corrected chi connectivity index (χ4v) is 3.61. The van der Waals surface area contributed by atoms with E-state index in [0.717, 1.165) is 5.56 Å². The Hall–Kier alpha value is -4.28. The highest BCUT2D eigenvalue weighted by Gasteiger charge is 2.23. The summed E-state index contributed by atoms with van der Waals surface area (Å²) in [6, 6.07) is 11.8. The van der Waals surface area contributed by atoms with Gasteiger partial charge in [-0.3, -0.25) is 9.59 Å². The van der Waals surface area contributed by atoms with E-state index in [1.54, 1.807) is 18.2 Å². The SMILES string of the molecule is COc1cc(CC(=O)NCC(C)(C)CNC(=O)N(C)CC(C)C(=O)O)ccc1NC(=O)Nc1ccccc1C. The summed E-state index contributed by atoms with van der Waals surface area (Å²) in [6.07, 6.45) is 0.101. The molecule has 39 heavy (non-hydrogen) atoms. The number of aliphatic carboxylic acids is 1. The van der Waals surface area contributed by atoms with Crippen molar-refractivity contribution in [3.8, 4) is 5.75 Å². The normalized spacial score (nSPS) is 11.6. The number of ether oxygens (including phenoxy) is 1. The molecule has 1 atom stereocenters. The number of anilines is 2. The summed E-state index contributed by atoms with van der Waals surface area (Å²) >= 11 is 0. The van der Waals surface area contributed by atoms with Crippen LogP contribution in [0.1, 0.15) is 31.9 Å². The van der Waals surface area contributed by atoms with E-state index in [4.69, 9.17) is 9.84 Å². The number of urea groups is 2. The van der Waals surface area contributed by atoms with Crippen molar-refractivity contribution >= 4 is 35.3 Å². The maximum Gasteiger partial charge on any atom is 0.323 e. The molecule has 2 aromatic carbocycles. The molecule has 0 aliphatic carbocycles. The van der Waals surface area contributed by atoms with Gasteiger partial charge in [0.1, 0.15) is 5.75 Å². The molecule has 5 amide bonds. The third-order valence-corrected chi connectivity index (χ3v) is 6.07. The second-order valence-corrected chi connectivity index (χ2v) is 10.3. The van der Waals surface area contributed by atoms with Crippen LogP contribution in [0.25, 0.3) is 0 Å². The van der Waals surface area contributed by atoms with E-state index in [1.165, 1.54) is 26.0 Å². The number of carbonyl (C=O) groups excluding carboxylic acids is 3. The van der Waals surface area contributed by atoms with Gasteiger partial charge >= 0.3 is 18.0 Å². The zero-order chi connectivity index (χ0) is 29.2. The van der Waals surface area contributed by atoms with Gasteiger partial charge in [0.2, 0.25) is 5.91 Å². The second kappa shape index (κ2) is 14.0. The topological polar surface area (TPSA) is 149 Å². The van der Waals surface area contributed by atoms with Crippen molar-refractivity contribution in [1.29, 1.82) is 0 Å². The molecule has 11 nitrogen and oxygen atoms in total. The molecule has 11 heteroatoms. The van der Waals surface area contributed by atoms with E-state index < -0.39 is 23.3 Å². The van der Waals surface area contributed by atoms with Crippen molar-refractivity contribution in [3.63, 3.8) is 0 Å². The minimum Gasteiger partial charge on any atom is -0.495 e. The Bertz CT molecular complexity index is 1180. The number of nitrogens with one attached hydrogen (secondary N) is 4. The molecule has 0 fully saturated rings. The summed E-state index contributed by atoms with van der Waals surface area (Å²) in [5, 5.41) is 20.2. The second-order valence-electron chi connectivity index (χ2n) is 10.3. The first-order chi connectivity index (χ1) is 18.3. The van der Waals surface area contributed by atoms with Gasteiger partial charge in [0, 0.05) is 32.4 Å². The number of rotatable bonds is 12. The number of amides is 5. The van der Waals surface area contributed by atoms with Gasteiger partial charge in [-0.15, -0.1) is 0 Å². The van der Waals surface area contributed by atoms with Gasteiger partial charge in [-0.05, 0) is 41.7 Å². The average Bonchev–Trinajstić information content (AvgIpc) is 2.88. The summed E-state index contributed by atoms with van der Waals surface area (Å²) in [6.45, 7) is 7.94. The van der Waals surface area contributed by atoms with Crippen LogP contribution in [-0.2, 0) is 16.0 Å². The highest BCUT2D eigenvalue weighted by molar-refractivity contribution is 6.01. The summed E-state index contributed by atoms with van der Waals surface area (Å²) in [5.74, 6) is -1.43. The standard InChI is InChI=1S/C28H39N5O6/c1-18-9-7-8-10-21(18)31-26(37)32-22-12-11-20(13-23(22)39-6)14-24(34)29-16-28(3,4)17-30-27(38)33(5)15-19(2)25(35)36/h7-13,19H,14-17H2,1-6H3,(H,29,34)(H,30,38)(H,35,36)(H2,31,32,37). The van der Waals surface area contributed by atoms with E-state index in [2.05, 4.69) is 21.3 Å². The van der Waals surface area contributed by atoms with Crippen LogP contribution in [0.3, 0.4) is 0 Å². The van der Waals surface area contributed by atoms with Crippen LogP contribution in [0, 0.1) is 18.3 Å². The lowest BCUT2D eigenvalue weighted by atomic mass is 9.93. The minimum atomic E-state index is -0.968. The monoisotopic (exact) mass is 541 g/mol. The summed E-state index contributed by atoms with van der Waals surface area (Å²) < 4.78 is 5.42. The minimum absolute atomic E-state index is 0.0907. The van der Waals surface area contributed by atoms with Crippen molar-refractivity contribution in [2.24, 2.45) is 11.3 Å². The van der Waals surface area contributed by atoms with Crippen LogP contribution >= 0.6 is 0 Å². The molecule has 0 saturated carbocycles. The summed E-state index contributed by atoms with van der Waals surface area (Å²) in [5.41, 5.74) is 2.36. The first kappa shape index (κ1) is 30.9. The molecule has 2 aromatic rings. The number of para-hydroxylation sites is 1. The van der Waals surface area contributed by atoms with E-state index in [-0.39, 0.29) is 31.4 Å².